The largest absolute Gasteiger partial charge is 0.329 e. The van der Waals surface area contributed by atoms with Crippen molar-refractivity contribution in [3.8, 4) is 0 Å². The molecular formula is C18H36N2. The van der Waals surface area contributed by atoms with Crippen LogP contribution in [0.1, 0.15) is 78.6 Å². The summed E-state index contributed by atoms with van der Waals surface area (Å²) in [5, 5.41) is 0. The van der Waals surface area contributed by atoms with Crippen LogP contribution in [0.2, 0.25) is 0 Å². The van der Waals surface area contributed by atoms with Gasteiger partial charge in [0.25, 0.3) is 0 Å². The van der Waals surface area contributed by atoms with E-state index in [0.29, 0.717) is 5.54 Å². The van der Waals surface area contributed by atoms with Crippen LogP contribution >= 0.6 is 0 Å². The van der Waals surface area contributed by atoms with Gasteiger partial charge in [-0.25, -0.2) is 0 Å². The number of rotatable bonds is 8. The highest BCUT2D eigenvalue weighted by Gasteiger charge is 2.44. The summed E-state index contributed by atoms with van der Waals surface area (Å²) in [6.07, 6.45) is 12.5. The van der Waals surface area contributed by atoms with E-state index in [2.05, 4.69) is 25.7 Å². The van der Waals surface area contributed by atoms with Gasteiger partial charge >= 0.3 is 0 Å². The summed E-state index contributed by atoms with van der Waals surface area (Å²) in [5.74, 6) is 1.79. The van der Waals surface area contributed by atoms with Gasteiger partial charge in [-0.2, -0.15) is 0 Å². The van der Waals surface area contributed by atoms with Crippen LogP contribution in [0.25, 0.3) is 0 Å². The third-order valence-corrected chi connectivity index (χ3v) is 5.66. The molecule has 118 valence electrons. The number of nitrogens with zero attached hydrogens (tertiary/aromatic N) is 1. The van der Waals surface area contributed by atoms with Crippen LogP contribution in [0.3, 0.4) is 0 Å². The van der Waals surface area contributed by atoms with Gasteiger partial charge < -0.3 is 5.73 Å². The topological polar surface area (TPSA) is 29.3 Å². The smallest absolute Gasteiger partial charge is 0.0334 e. The van der Waals surface area contributed by atoms with Crippen molar-refractivity contribution in [3.63, 3.8) is 0 Å². The Hall–Kier alpha value is -0.0800. The molecule has 0 aromatic carbocycles. The third kappa shape index (κ3) is 3.98. The average molecular weight is 281 g/mol. The Kier molecular flexibility index (Phi) is 5.92. The minimum absolute atomic E-state index is 0.348. The van der Waals surface area contributed by atoms with E-state index in [4.69, 9.17) is 5.73 Å². The van der Waals surface area contributed by atoms with Gasteiger partial charge in [0.05, 0.1) is 0 Å². The van der Waals surface area contributed by atoms with Crippen molar-refractivity contribution >= 4 is 0 Å². The molecule has 0 heterocycles. The van der Waals surface area contributed by atoms with Gasteiger partial charge in [0.1, 0.15) is 0 Å². The second-order valence-electron chi connectivity index (χ2n) is 7.77. The van der Waals surface area contributed by atoms with Crippen LogP contribution in [-0.4, -0.2) is 29.6 Å². The summed E-state index contributed by atoms with van der Waals surface area (Å²) >= 11 is 0. The van der Waals surface area contributed by atoms with Crippen LogP contribution in [-0.2, 0) is 0 Å². The summed E-state index contributed by atoms with van der Waals surface area (Å²) < 4.78 is 0. The Morgan fingerprint density at radius 3 is 2.25 bits per heavy atom. The molecule has 2 N–H and O–H groups in total. The van der Waals surface area contributed by atoms with E-state index in [0.717, 1.165) is 24.4 Å². The van der Waals surface area contributed by atoms with E-state index in [1.807, 2.05) is 0 Å². The zero-order valence-corrected chi connectivity index (χ0v) is 14.0. The Bertz CT molecular complexity index is 275. The molecule has 2 rings (SSSR count). The zero-order valence-electron chi connectivity index (χ0n) is 14.0. The highest BCUT2D eigenvalue weighted by molar-refractivity contribution is 5.01. The number of hydrogen-bond donors (Lipinski definition) is 1. The third-order valence-electron chi connectivity index (χ3n) is 5.66. The molecule has 0 atom stereocenters. The van der Waals surface area contributed by atoms with Crippen molar-refractivity contribution in [2.75, 3.05) is 13.1 Å². The fraction of sp³-hybridized carbons (Fsp3) is 1.00. The van der Waals surface area contributed by atoms with E-state index in [-0.39, 0.29) is 0 Å². The Labute approximate surface area is 126 Å². The van der Waals surface area contributed by atoms with Crippen LogP contribution in [0.4, 0.5) is 0 Å². The molecule has 2 saturated carbocycles. The second kappa shape index (κ2) is 7.26. The standard InChI is InChI=1S/C18H36N2/c1-4-5-16-8-11-18(14-19,12-9-16)20(17-6-7-17)13-10-15(2)3/h15-17H,4-14,19H2,1-3H3. The van der Waals surface area contributed by atoms with Gasteiger partial charge in [0, 0.05) is 18.1 Å². The zero-order chi connectivity index (χ0) is 14.6. The lowest BCUT2D eigenvalue weighted by Gasteiger charge is -2.48. The predicted octanol–water partition coefficient (Wildman–Crippen LogP) is 4.18. The molecule has 0 spiro atoms. The highest BCUT2D eigenvalue weighted by atomic mass is 15.3. The first-order chi connectivity index (χ1) is 9.61. The minimum Gasteiger partial charge on any atom is -0.329 e. The van der Waals surface area contributed by atoms with Gasteiger partial charge in [-0.1, -0.05) is 33.6 Å². The maximum absolute atomic E-state index is 6.29. The van der Waals surface area contributed by atoms with Crippen LogP contribution in [0.15, 0.2) is 0 Å². The number of hydrogen-bond acceptors (Lipinski definition) is 2. The molecule has 0 aromatic rings. The van der Waals surface area contributed by atoms with Crippen molar-refractivity contribution in [1.82, 2.24) is 4.90 Å². The van der Waals surface area contributed by atoms with E-state index >= 15 is 0 Å². The lowest BCUT2D eigenvalue weighted by Crippen LogP contribution is -2.57. The van der Waals surface area contributed by atoms with Gasteiger partial charge in [-0.3, -0.25) is 4.90 Å². The molecule has 0 amide bonds. The quantitative estimate of drug-likeness (QED) is 0.722. The van der Waals surface area contributed by atoms with Crippen LogP contribution in [0, 0.1) is 11.8 Å². The summed E-state index contributed by atoms with van der Waals surface area (Å²) in [6, 6.07) is 0.861. The summed E-state index contributed by atoms with van der Waals surface area (Å²) in [4.78, 5) is 2.84. The summed E-state index contributed by atoms with van der Waals surface area (Å²) in [6.45, 7) is 9.17. The molecule has 0 aliphatic heterocycles. The van der Waals surface area contributed by atoms with Gasteiger partial charge in [0.2, 0.25) is 0 Å². The first-order valence-electron chi connectivity index (χ1n) is 9.08. The molecule has 0 unspecified atom stereocenters. The van der Waals surface area contributed by atoms with E-state index in [1.54, 1.807) is 0 Å². The SMILES string of the molecule is CCCC1CCC(CN)(N(CCC(C)C)C2CC2)CC1. The molecule has 2 fully saturated rings. The summed E-state index contributed by atoms with van der Waals surface area (Å²) in [7, 11) is 0. The molecule has 0 saturated heterocycles. The molecule has 2 aliphatic carbocycles. The Morgan fingerprint density at radius 1 is 1.15 bits per heavy atom. The van der Waals surface area contributed by atoms with Crippen molar-refractivity contribution in [3.05, 3.63) is 0 Å². The highest BCUT2D eigenvalue weighted by Crippen LogP contribution is 2.43. The van der Waals surface area contributed by atoms with Gasteiger partial charge in [0.15, 0.2) is 0 Å². The van der Waals surface area contributed by atoms with Crippen molar-refractivity contribution < 1.29 is 0 Å². The maximum Gasteiger partial charge on any atom is 0.0334 e. The molecular weight excluding hydrogens is 244 g/mol. The lowest BCUT2D eigenvalue weighted by molar-refractivity contribution is 0.0302. The molecule has 2 heteroatoms. The van der Waals surface area contributed by atoms with Gasteiger partial charge in [-0.05, 0) is 63.3 Å². The fourth-order valence-electron chi connectivity index (χ4n) is 4.11. The second-order valence-corrected chi connectivity index (χ2v) is 7.77. The molecule has 0 aromatic heterocycles. The van der Waals surface area contributed by atoms with Crippen molar-refractivity contribution in [1.29, 1.82) is 0 Å². The molecule has 2 aliphatic rings. The first kappa shape index (κ1) is 16.3. The van der Waals surface area contributed by atoms with E-state index < -0.39 is 0 Å². The fourth-order valence-corrected chi connectivity index (χ4v) is 4.11. The molecule has 0 radical (unpaired) electrons. The van der Waals surface area contributed by atoms with Gasteiger partial charge in [-0.15, -0.1) is 0 Å². The van der Waals surface area contributed by atoms with Crippen LogP contribution in [0.5, 0.6) is 0 Å². The average Bonchev–Trinajstić information content (AvgIpc) is 3.25. The van der Waals surface area contributed by atoms with E-state index in [1.165, 1.54) is 64.3 Å². The maximum atomic E-state index is 6.29. The Morgan fingerprint density at radius 2 is 1.80 bits per heavy atom. The lowest BCUT2D eigenvalue weighted by atomic mass is 9.74. The molecule has 0 bridgehead atoms. The minimum atomic E-state index is 0.348. The monoisotopic (exact) mass is 280 g/mol. The van der Waals surface area contributed by atoms with E-state index in [9.17, 15) is 0 Å². The Balaban J connectivity index is 1.97. The van der Waals surface area contributed by atoms with Crippen molar-refractivity contribution in [2.45, 2.75) is 90.1 Å². The molecule has 20 heavy (non-hydrogen) atoms. The predicted molar refractivity (Wildman–Crippen MR) is 87.8 cm³/mol. The van der Waals surface area contributed by atoms with Crippen LogP contribution < -0.4 is 5.73 Å². The molecule has 2 nitrogen and oxygen atoms in total. The number of nitrogens with two attached hydrogens (primary N) is 1. The summed E-state index contributed by atoms with van der Waals surface area (Å²) in [5.41, 5.74) is 6.64. The first-order valence-corrected chi connectivity index (χ1v) is 9.08. The normalized spacial score (nSPS) is 31.2. The van der Waals surface area contributed by atoms with Crippen molar-refractivity contribution in [2.24, 2.45) is 17.6 Å².